The molecule has 0 radical (unpaired) electrons. The van der Waals surface area contributed by atoms with Gasteiger partial charge in [0, 0.05) is 4.90 Å². The number of nitrogens with zero attached hydrogens (tertiary/aromatic N) is 1. The largest absolute Gasteiger partial charge is 0.397 e. The lowest BCUT2D eigenvalue weighted by atomic mass is 9.84. The van der Waals surface area contributed by atoms with Gasteiger partial charge in [0.25, 0.3) is 0 Å². The maximum absolute atomic E-state index is 11.9. The Bertz CT molecular complexity index is 428. The summed E-state index contributed by atoms with van der Waals surface area (Å²) in [4.78, 5) is 6.08. The van der Waals surface area contributed by atoms with Crippen LogP contribution in [0, 0.1) is 5.21 Å². The van der Waals surface area contributed by atoms with E-state index in [0.717, 1.165) is 12.1 Å². The van der Waals surface area contributed by atoms with Gasteiger partial charge in [-0.1, -0.05) is 52.9 Å². The molecule has 1 atom stereocenters. The summed E-state index contributed by atoms with van der Waals surface area (Å²) >= 11 is 2.22. The lowest BCUT2D eigenvalue weighted by molar-refractivity contribution is -0.770. The molecule has 4 heteroatoms. The van der Waals surface area contributed by atoms with Crippen molar-refractivity contribution >= 4 is 28.3 Å². The van der Waals surface area contributed by atoms with Gasteiger partial charge < -0.3 is 4.84 Å². The molecule has 0 aliphatic carbocycles. The van der Waals surface area contributed by atoms with Crippen molar-refractivity contribution in [2.45, 2.75) is 31.8 Å². The summed E-state index contributed by atoms with van der Waals surface area (Å²) in [5, 5.41) is 11.9. The summed E-state index contributed by atoms with van der Waals surface area (Å²) in [7, 11) is 0. The molecule has 1 unspecified atom stereocenters. The van der Waals surface area contributed by atoms with Crippen molar-refractivity contribution < 1.29 is 9.74 Å². The minimum absolute atomic E-state index is 0.161. The Kier molecular flexibility index (Phi) is 3.61. The van der Waals surface area contributed by atoms with E-state index in [1.807, 2.05) is 32.0 Å². The van der Waals surface area contributed by atoms with Gasteiger partial charge in [-0.05, 0) is 25.8 Å². The highest BCUT2D eigenvalue weighted by Crippen LogP contribution is 2.33. The van der Waals surface area contributed by atoms with Crippen LogP contribution in [0.2, 0.25) is 0 Å². The molecule has 0 N–H and O–H groups in total. The fraction of sp³-hybridized carbons (Fsp3) is 0.462. The van der Waals surface area contributed by atoms with Crippen molar-refractivity contribution in [3.05, 3.63) is 41.1 Å². The topological polar surface area (TPSA) is 35.3 Å². The molecule has 0 saturated heterocycles. The Morgan fingerprint density at radius 1 is 1.41 bits per heavy atom. The van der Waals surface area contributed by atoms with E-state index in [1.54, 1.807) is 0 Å². The van der Waals surface area contributed by atoms with Gasteiger partial charge in [0.15, 0.2) is 0 Å². The molecule has 3 nitrogen and oxygen atoms in total. The van der Waals surface area contributed by atoms with Gasteiger partial charge in [-0.25, -0.2) is 0 Å². The molecule has 17 heavy (non-hydrogen) atoms. The summed E-state index contributed by atoms with van der Waals surface area (Å²) in [6, 6.07) is 10.2. The van der Waals surface area contributed by atoms with E-state index < -0.39 is 5.60 Å². The number of hydrogen-bond acceptors (Lipinski definition) is 2. The number of hydrogen-bond donors (Lipinski definition) is 0. The molecule has 92 valence electrons. The second kappa shape index (κ2) is 4.84. The summed E-state index contributed by atoms with van der Waals surface area (Å²) in [6.07, 6.45) is 0.841. The molecular weight excluding hydrogens is 329 g/mol. The van der Waals surface area contributed by atoms with E-state index in [-0.39, 0.29) is 5.92 Å². The van der Waals surface area contributed by atoms with E-state index in [2.05, 4.69) is 34.7 Å². The molecule has 1 aliphatic heterocycles. The SMILES string of the molecule is CC1(C)CC(c2ccccc2)C(CI)=[N+]([O-])O1. The van der Waals surface area contributed by atoms with Crippen molar-refractivity contribution in [3.8, 4) is 0 Å². The van der Waals surface area contributed by atoms with Crippen LogP contribution in [0.5, 0.6) is 0 Å². The van der Waals surface area contributed by atoms with Crippen molar-refractivity contribution in [3.63, 3.8) is 0 Å². The van der Waals surface area contributed by atoms with Gasteiger partial charge in [0.1, 0.15) is 0 Å². The van der Waals surface area contributed by atoms with Crippen molar-refractivity contribution in [1.29, 1.82) is 0 Å². The van der Waals surface area contributed by atoms with E-state index in [0.29, 0.717) is 9.33 Å². The van der Waals surface area contributed by atoms with Gasteiger partial charge >= 0.3 is 0 Å². The molecule has 1 aromatic rings. The van der Waals surface area contributed by atoms with Crippen LogP contribution >= 0.6 is 22.6 Å². The van der Waals surface area contributed by atoms with Crippen LogP contribution in [0.1, 0.15) is 31.7 Å². The van der Waals surface area contributed by atoms with Gasteiger partial charge in [-0.3, -0.25) is 5.21 Å². The van der Waals surface area contributed by atoms with Gasteiger partial charge in [0.05, 0.1) is 15.9 Å². The molecule has 0 bridgehead atoms. The predicted octanol–water partition coefficient (Wildman–Crippen LogP) is 3.27. The fourth-order valence-electron chi connectivity index (χ4n) is 2.19. The molecule has 2 rings (SSSR count). The third kappa shape index (κ3) is 2.73. The van der Waals surface area contributed by atoms with Gasteiger partial charge in [0.2, 0.25) is 5.71 Å². The standard InChI is InChI=1S/C13H16INO2/c1-13(2)8-11(10-6-4-3-5-7-10)12(9-14)15(16)17-13/h3-7,11H,8-9H2,1-2H3. The van der Waals surface area contributed by atoms with Crippen LogP contribution in [-0.4, -0.2) is 20.6 Å². The zero-order valence-corrected chi connectivity index (χ0v) is 12.2. The van der Waals surface area contributed by atoms with Crippen LogP contribution in [0.3, 0.4) is 0 Å². The van der Waals surface area contributed by atoms with Gasteiger partial charge in [-0.2, -0.15) is 0 Å². The van der Waals surface area contributed by atoms with Crippen molar-refractivity contribution in [2.75, 3.05) is 4.43 Å². The molecule has 0 aromatic heterocycles. The second-order valence-corrected chi connectivity index (χ2v) is 5.66. The molecular formula is C13H16INO2. The van der Waals surface area contributed by atoms with E-state index in [4.69, 9.17) is 4.84 Å². The number of halogens is 1. The quantitative estimate of drug-likeness (QED) is 0.469. The Hall–Kier alpha value is -0.780. The van der Waals surface area contributed by atoms with Gasteiger partial charge in [-0.15, -0.1) is 0 Å². The van der Waals surface area contributed by atoms with Crippen LogP contribution in [0.4, 0.5) is 0 Å². The summed E-state index contributed by atoms with van der Waals surface area (Å²) in [5.41, 5.74) is 1.59. The Morgan fingerprint density at radius 2 is 2.06 bits per heavy atom. The highest BCUT2D eigenvalue weighted by atomic mass is 127. The summed E-state index contributed by atoms with van der Waals surface area (Å²) < 4.78 is 0.691. The predicted molar refractivity (Wildman–Crippen MR) is 76.5 cm³/mol. The molecule has 1 heterocycles. The lowest BCUT2D eigenvalue weighted by Crippen LogP contribution is -2.42. The smallest absolute Gasteiger partial charge is 0.239 e. The van der Waals surface area contributed by atoms with E-state index in [9.17, 15) is 5.21 Å². The average Bonchev–Trinajstić information content (AvgIpc) is 2.28. The first-order chi connectivity index (χ1) is 8.03. The summed E-state index contributed by atoms with van der Waals surface area (Å²) in [5.74, 6) is 0.161. The van der Waals surface area contributed by atoms with Crippen LogP contribution in [0.15, 0.2) is 30.3 Å². The van der Waals surface area contributed by atoms with E-state index in [1.165, 1.54) is 5.56 Å². The molecule has 0 amide bonds. The molecule has 0 saturated carbocycles. The van der Waals surface area contributed by atoms with Crippen LogP contribution in [-0.2, 0) is 4.84 Å². The van der Waals surface area contributed by atoms with Crippen LogP contribution < -0.4 is 0 Å². The molecule has 0 spiro atoms. The Labute approximate surface area is 115 Å². The summed E-state index contributed by atoms with van der Waals surface area (Å²) in [6.45, 7) is 3.91. The third-order valence-corrected chi connectivity index (χ3v) is 3.78. The first-order valence-corrected chi connectivity index (χ1v) is 7.19. The Morgan fingerprint density at radius 3 is 2.65 bits per heavy atom. The highest BCUT2D eigenvalue weighted by molar-refractivity contribution is 14.1. The van der Waals surface area contributed by atoms with E-state index >= 15 is 0 Å². The normalized spacial score (nSPS) is 23.4. The molecule has 1 aliphatic rings. The minimum atomic E-state index is -0.405. The first-order valence-electron chi connectivity index (χ1n) is 5.66. The number of benzene rings is 1. The monoisotopic (exact) mass is 345 g/mol. The molecule has 1 aromatic carbocycles. The highest BCUT2D eigenvalue weighted by Gasteiger charge is 2.37. The third-order valence-electron chi connectivity index (χ3n) is 3.00. The minimum Gasteiger partial charge on any atom is -0.397 e. The maximum atomic E-state index is 11.9. The second-order valence-electron chi connectivity index (χ2n) is 4.90. The lowest BCUT2D eigenvalue weighted by Gasteiger charge is -2.36. The Balaban J connectivity index is 2.41. The number of alkyl halides is 1. The zero-order chi connectivity index (χ0) is 12.5. The van der Waals surface area contributed by atoms with Crippen molar-refractivity contribution in [2.24, 2.45) is 0 Å². The first kappa shape index (κ1) is 12.7. The number of rotatable bonds is 2. The fourth-order valence-corrected chi connectivity index (χ4v) is 3.00. The average molecular weight is 345 g/mol. The van der Waals surface area contributed by atoms with Crippen molar-refractivity contribution in [1.82, 2.24) is 0 Å². The molecule has 0 fully saturated rings. The van der Waals surface area contributed by atoms with Crippen LogP contribution in [0.25, 0.3) is 0 Å². The maximum Gasteiger partial charge on any atom is 0.239 e. The zero-order valence-electron chi connectivity index (χ0n) is 10.0.